The van der Waals surface area contributed by atoms with Crippen LogP contribution in [0.3, 0.4) is 0 Å². The molecule has 2 aromatic carbocycles. The first-order valence-corrected chi connectivity index (χ1v) is 10.8. The molecule has 0 aliphatic heterocycles. The number of carbonyl (C=O) groups is 1. The van der Waals surface area contributed by atoms with E-state index in [1.165, 1.54) is 23.9 Å². The van der Waals surface area contributed by atoms with Gasteiger partial charge in [-0.05, 0) is 45.0 Å². The summed E-state index contributed by atoms with van der Waals surface area (Å²) < 4.78 is 1.60. The summed E-state index contributed by atoms with van der Waals surface area (Å²) in [5, 5.41) is 4.11. The summed E-state index contributed by atoms with van der Waals surface area (Å²) in [6, 6.07) is 10.0. The van der Waals surface area contributed by atoms with E-state index in [1.807, 2.05) is 19.9 Å². The molecule has 0 bridgehead atoms. The van der Waals surface area contributed by atoms with Crippen LogP contribution in [0.4, 0.5) is 5.69 Å². The Hall–Kier alpha value is -1.73. The van der Waals surface area contributed by atoms with Crippen LogP contribution in [-0.4, -0.2) is 20.7 Å². The molecule has 1 N–H and O–H groups in total. The van der Waals surface area contributed by atoms with Crippen molar-refractivity contribution in [3.05, 3.63) is 61.8 Å². The second-order valence-corrected chi connectivity index (χ2v) is 9.21. The van der Waals surface area contributed by atoms with Gasteiger partial charge in [0.1, 0.15) is 0 Å². The van der Waals surface area contributed by atoms with Gasteiger partial charge in [0.25, 0.3) is 5.56 Å². The largest absolute Gasteiger partial charge is 0.324 e. The first kappa shape index (κ1) is 22.0. The summed E-state index contributed by atoms with van der Waals surface area (Å²) >= 11 is 19.3. The Balaban J connectivity index is 1.90. The van der Waals surface area contributed by atoms with Crippen LogP contribution in [0, 0.1) is 0 Å². The van der Waals surface area contributed by atoms with E-state index in [1.54, 1.807) is 29.7 Å². The van der Waals surface area contributed by atoms with E-state index in [9.17, 15) is 9.59 Å². The van der Waals surface area contributed by atoms with Crippen LogP contribution < -0.4 is 10.9 Å². The molecule has 1 unspecified atom stereocenters. The number of hydrogen-bond acceptors (Lipinski definition) is 4. The van der Waals surface area contributed by atoms with Crippen molar-refractivity contribution in [3.8, 4) is 0 Å². The number of nitrogens with zero attached hydrogens (tertiary/aromatic N) is 2. The number of nitrogens with one attached hydrogen (secondary N) is 1. The maximum Gasteiger partial charge on any atom is 0.262 e. The average Bonchev–Trinajstić information content (AvgIpc) is 2.65. The van der Waals surface area contributed by atoms with E-state index in [-0.39, 0.29) is 27.6 Å². The van der Waals surface area contributed by atoms with Gasteiger partial charge in [0.15, 0.2) is 5.16 Å². The molecule has 0 saturated heterocycles. The molecule has 29 heavy (non-hydrogen) atoms. The number of anilines is 1. The van der Waals surface area contributed by atoms with Gasteiger partial charge in [-0.25, -0.2) is 4.98 Å². The second-order valence-electron chi connectivity index (χ2n) is 6.68. The minimum Gasteiger partial charge on any atom is -0.324 e. The van der Waals surface area contributed by atoms with E-state index < -0.39 is 5.25 Å². The van der Waals surface area contributed by atoms with Crippen molar-refractivity contribution < 1.29 is 4.79 Å². The van der Waals surface area contributed by atoms with E-state index in [0.717, 1.165) is 0 Å². The SMILES string of the molecule is CC(Sc1nc2ccccc2c(=O)n1C(C)C)C(=O)Nc1cc(Cl)c(Cl)cc1Cl. The van der Waals surface area contributed by atoms with Gasteiger partial charge >= 0.3 is 0 Å². The van der Waals surface area contributed by atoms with Crippen LogP contribution in [0.25, 0.3) is 10.9 Å². The molecule has 0 radical (unpaired) electrons. The van der Waals surface area contributed by atoms with Crippen molar-refractivity contribution >= 4 is 69.1 Å². The van der Waals surface area contributed by atoms with Crippen LogP contribution in [-0.2, 0) is 4.79 Å². The van der Waals surface area contributed by atoms with Gasteiger partial charge in [-0.15, -0.1) is 0 Å². The highest BCUT2D eigenvalue weighted by atomic mass is 35.5. The number of aromatic nitrogens is 2. The third-order valence-corrected chi connectivity index (χ3v) is 6.31. The summed E-state index contributed by atoms with van der Waals surface area (Å²) in [6.45, 7) is 5.54. The Labute approximate surface area is 187 Å². The Kier molecular flexibility index (Phi) is 6.79. The topological polar surface area (TPSA) is 64.0 Å². The summed E-state index contributed by atoms with van der Waals surface area (Å²) in [5.74, 6) is -0.298. The molecular formula is C20H18Cl3N3O2S. The quantitative estimate of drug-likeness (QED) is 0.280. The molecule has 1 atom stereocenters. The maximum absolute atomic E-state index is 12.9. The highest BCUT2D eigenvalue weighted by molar-refractivity contribution is 8.00. The number of benzene rings is 2. The molecule has 5 nitrogen and oxygen atoms in total. The molecule has 1 amide bonds. The molecule has 0 aliphatic rings. The van der Waals surface area contributed by atoms with Crippen molar-refractivity contribution in [3.63, 3.8) is 0 Å². The third-order valence-electron chi connectivity index (χ3n) is 4.21. The van der Waals surface area contributed by atoms with Crippen LogP contribution in [0.15, 0.2) is 46.3 Å². The Morgan fingerprint density at radius 3 is 2.41 bits per heavy atom. The van der Waals surface area contributed by atoms with E-state index in [0.29, 0.717) is 26.8 Å². The molecule has 1 heterocycles. The summed E-state index contributed by atoms with van der Waals surface area (Å²) in [4.78, 5) is 30.2. The van der Waals surface area contributed by atoms with Crippen molar-refractivity contribution in [1.82, 2.24) is 9.55 Å². The minimum absolute atomic E-state index is 0.109. The van der Waals surface area contributed by atoms with E-state index in [4.69, 9.17) is 34.8 Å². The highest BCUT2D eigenvalue weighted by Crippen LogP contribution is 2.33. The van der Waals surface area contributed by atoms with Gasteiger partial charge < -0.3 is 5.32 Å². The first-order chi connectivity index (χ1) is 13.7. The molecule has 0 saturated carbocycles. The lowest BCUT2D eigenvalue weighted by atomic mass is 10.2. The number of carbonyl (C=O) groups excluding carboxylic acids is 1. The normalized spacial score (nSPS) is 12.4. The number of thioether (sulfide) groups is 1. The Bertz CT molecular complexity index is 1150. The fourth-order valence-corrected chi connectivity index (χ4v) is 4.36. The highest BCUT2D eigenvalue weighted by Gasteiger charge is 2.21. The molecule has 3 aromatic rings. The van der Waals surface area contributed by atoms with Crippen molar-refractivity contribution in [2.45, 2.75) is 37.2 Å². The molecule has 0 spiro atoms. The van der Waals surface area contributed by atoms with Gasteiger partial charge in [-0.2, -0.15) is 0 Å². The average molecular weight is 471 g/mol. The smallest absolute Gasteiger partial charge is 0.262 e. The van der Waals surface area contributed by atoms with Gasteiger partial charge in [-0.3, -0.25) is 14.2 Å². The fraction of sp³-hybridized carbons (Fsp3) is 0.250. The van der Waals surface area contributed by atoms with E-state index in [2.05, 4.69) is 10.3 Å². The summed E-state index contributed by atoms with van der Waals surface area (Å²) in [5.41, 5.74) is 0.830. The van der Waals surface area contributed by atoms with Gasteiger partial charge in [0.05, 0.1) is 36.9 Å². The fourth-order valence-electron chi connectivity index (χ4n) is 2.73. The van der Waals surface area contributed by atoms with Crippen molar-refractivity contribution in [2.24, 2.45) is 0 Å². The molecular weight excluding hydrogens is 453 g/mol. The second kappa shape index (κ2) is 8.96. The minimum atomic E-state index is -0.543. The zero-order valence-corrected chi connectivity index (χ0v) is 19.0. The predicted octanol–water partition coefficient (Wildman–Crippen LogP) is 6.06. The van der Waals surface area contributed by atoms with Crippen LogP contribution in [0.5, 0.6) is 0 Å². The Morgan fingerprint density at radius 1 is 1.07 bits per heavy atom. The number of halogens is 3. The molecule has 1 aromatic heterocycles. The van der Waals surface area contributed by atoms with E-state index >= 15 is 0 Å². The summed E-state index contributed by atoms with van der Waals surface area (Å²) in [6.07, 6.45) is 0. The van der Waals surface area contributed by atoms with Gasteiger partial charge in [0.2, 0.25) is 5.91 Å². The van der Waals surface area contributed by atoms with Crippen molar-refractivity contribution in [2.75, 3.05) is 5.32 Å². The molecule has 3 rings (SSSR count). The predicted molar refractivity (Wildman–Crippen MR) is 122 cm³/mol. The van der Waals surface area contributed by atoms with Crippen LogP contribution >= 0.6 is 46.6 Å². The number of amides is 1. The molecule has 0 fully saturated rings. The lowest BCUT2D eigenvalue weighted by Crippen LogP contribution is -2.28. The number of hydrogen-bond donors (Lipinski definition) is 1. The van der Waals surface area contributed by atoms with Gasteiger partial charge in [-0.1, -0.05) is 58.7 Å². The van der Waals surface area contributed by atoms with Gasteiger partial charge in [0, 0.05) is 6.04 Å². The molecule has 0 aliphatic carbocycles. The number of para-hydroxylation sites is 1. The lowest BCUT2D eigenvalue weighted by Gasteiger charge is -2.19. The zero-order chi connectivity index (χ0) is 21.3. The first-order valence-electron chi connectivity index (χ1n) is 8.82. The summed E-state index contributed by atoms with van der Waals surface area (Å²) in [7, 11) is 0. The maximum atomic E-state index is 12.9. The molecule has 152 valence electrons. The van der Waals surface area contributed by atoms with Crippen LogP contribution in [0.2, 0.25) is 15.1 Å². The lowest BCUT2D eigenvalue weighted by molar-refractivity contribution is -0.115. The Morgan fingerprint density at radius 2 is 1.72 bits per heavy atom. The van der Waals surface area contributed by atoms with Crippen LogP contribution in [0.1, 0.15) is 26.8 Å². The van der Waals surface area contributed by atoms with Crippen molar-refractivity contribution in [1.29, 1.82) is 0 Å². The number of rotatable bonds is 5. The molecule has 9 heteroatoms. The third kappa shape index (κ3) is 4.72. The standard InChI is InChI=1S/C20H18Cl3N3O2S/c1-10(2)26-19(28)12-6-4-5-7-16(12)25-20(26)29-11(3)18(27)24-17-9-14(22)13(21)8-15(17)23/h4-11H,1-3H3,(H,24,27). The monoisotopic (exact) mass is 469 g/mol. The zero-order valence-electron chi connectivity index (χ0n) is 15.9. The number of fused-ring (bicyclic) bond motifs is 1.